The number of hydrogen-bond donors (Lipinski definition) is 2. The van der Waals surface area contributed by atoms with Gasteiger partial charge < -0.3 is 20.9 Å². The quantitative estimate of drug-likeness (QED) is 0.279. The van der Waals surface area contributed by atoms with Gasteiger partial charge in [-0.25, -0.2) is 0 Å². The number of benzene rings is 2. The monoisotopic (exact) mass is 624 g/mol. The molecule has 2 aromatic carbocycles. The number of hydrogen-bond acceptors (Lipinski definition) is 6. The Morgan fingerprint density at radius 3 is 2.46 bits per heavy atom. The third-order valence-corrected chi connectivity index (χ3v) is 9.58. The van der Waals surface area contributed by atoms with Gasteiger partial charge in [-0.15, -0.1) is 0 Å². The van der Waals surface area contributed by atoms with Gasteiger partial charge in [-0.1, -0.05) is 30.3 Å². The highest BCUT2D eigenvalue weighted by Crippen LogP contribution is 2.29. The van der Waals surface area contributed by atoms with Crippen LogP contribution in [0.5, 0.6) is 0 Å². The second-order valence-electron chi connectivity index (χ2n) is 12.9. The number of aromatic nitrogens is 4. The van der Waals surface area contributed by atoms with Crippen LogP contribution >= 0.6 is 0 Å². The number of nitrogens with zero attached hydrogens (tertiary/aromatic N) is 6. The van der Waals surface area contributed by atoms with E-state index in [-0.39, 0.29) is 36.5 Å². The maximum atomic E-state index is 13.7. The summed E-state index contributed by atoms with van der Waals surface area (Å²) in [7, 11) is 3.84. The molecule has 0 radical (unpaired) electrons. The van der Waals surface area contributed by atoms with E-state index >= 15 is 0 Å². The summed E-state index contributed by atoms with van der Waals surface area (Å²) < 4.78 is 3.69. The first-order valence-electron chi connectivity index (χ1n) is 16.3. The Balaban J connectivity index is 1.14. The van der Waals surface area contributed by atoms with Crippen molar-refractivity contribution in [3.63, 3.8) is 0 Å². The van der Waals surface area contributed by atoms with Crippen molar-refractivity contribution in [1.82, 2.24) is 34.7 Å². The zero-order valence-electron chi connectivity index (χ0n) is 27.0. The number of aryl methyl sites for hydroxylation is 3. The van der Waals surface area contributed by atoms with Crippen molar-refractivity contribution in [2.45, 2.75) is 64.1 Å². The summed E-state index contributed by atoms with van der Waals surface area (Å²) in [6.07, 6.45) is 5.60. The Kier molecular flexibility index (Phi) is 9.21. The van der Waals surface area contributed by atoms with Gasteiger partial charge in [0.05, 0.1) is 22.9 Å². The average Bonchev–Trinajstić information content (AvgIpc) is 3.87. The Hall–Kier alpha value is -4.51. The van der Waals surface area contributed by atoms with Crippen LogP contribution in [-0.2, 0) is 41.4 Å². The number of rotatable bonds is 10. The summed E-state index contributed by atoms with van der Waals surface area (Å²) in [5.41, 5.74) is 12.6. The van der Waals surface area contributed by atoms with Crippen molar-refractivity contribution in [1.29, 1.82) is 0 Å². The van der Waals surface area contributed by atoms with Crippen LogP contribution < -0.4 is 11.1 Å². The summed E-state index contributed by atoms with van der Waals surface area (Å²) in [6.45, 7) is 4.30. The molecule has 2 saturated heterocycles. The molecular formula is C35H44N8O3. The maximum absolute atomic E-state index is 13.7. The molecule has 0 saturated carbocycles. The molecule has 2 aromatic heterocycles. The molecule has 2 aliphatic rings. The van der Waals surface area contributed by atoms with E-state index < -0.39 is 12.1 Å². The molecule has 0 aliphatic carbocycles. The zero-order chi connectivity index (χ0) is 32.4. The molecule has 3 N–H and O–H groups in total. The lowest BCUT2D eigenvalue weighted by atomic mass is 9.95. The van der Waals surface area contributed by atoms with Crippen LogP contribution in [-0.4, -0.2) is 78.8 Å². The molecule has 11 nitrogen and oxygen atoms in total. The van der Waals surface area contributed by atoms with E-state index in [2.05, 4.69) is 45.8 Å². The molecule has 6 rings (SSSR count). The number of amides is 3. The van der Waals surface area contributed by atoms with E-state index in [1.807, 2.05) is 53.5 Å². The fraction of sp³-hybridized carbons (Fsp3) is 0.457. The second kappa shape index (κ2) is 13.5. The topological polar surface area (TPSA) is 131 Å². The molecule has 3 amide bonds. The number of carbonyl (C=O) groups excluding carboxylic acids is 3. The highest BCUT2D eigenvalue weighted by atomic mass is 16.2. The molecule has 242 valence electrons. The first-order valence-corrected chi connectivity index (χ1v) is 16.3. The fourth-order valence-corrected chi connectivity index (χ4v) is 7.01. The first-order chi connectivity index (χ1) is 22.2. The normalized spacial score (nSPS) is 18.8. The highest BCUT2D eigenvalue weighted by molar-refractivity contribution is 5.91. The van der Waals surface area contributed by atoms with Crippen LogP contribution in [0.25, 0.3) is 22.2 Å². The molecular weight excluding hydrogens is 580 g/mol. The number of carbonyl (C=O) groups is 3. The Morgan fingerprint density at radius 2 is 1.74 bits per heavy atom. The van der Waals surface area contributed by atoms with E-state index in [1.54, 1.807) is 11.1 Å². The van der Waals surface area contributed by atoms with Crippen LogP contribution in [0.1, 0.15) is 48.9 Å². The first kappa shape index (κ1) is 31.5. The van der Waals surface area contributed by atoms with Gasteiger partial charge in [-0.05, 0) is 79.8 Å². The van der Waals surface area contributed by atoms with Crippen molar-refractivity contribution in [2.24, 2.45) is 25.7 Å². The largest absolute Gasteiger partial charge is 0.350 e. The van der Waals surface area contributed by atoms with E-state index in [9.17, 15) is 14.4 Å². The van der Waals surface area contributed by atoms with Gasteiger partial charge in [0.15, 0.2) is 0 Å². The van der Waals surface area contributed by atoms with E-state index in [0.717, 1.165) is 71.3 Å². The summed E-state index contributed by atoms with van der Waals surface area (Å²) in [5.74, 6) is -0.318. The maximum Gasteiger partial charge on any atom is 0.243 e. The van der Waals surface area contributed by atoms with Crippen molar-refractivity contribution in [2.75, 3.05) is 19.6 Å². The Labute approximate surface area is 269 Å². The minimum Gasteiger partial charge on any atom is -0.350 e. The minimum absolute atomic E-state index is 0.0460. The predicted octanol–water partition coefficient (Wildman–Crippen LogP) is 3.09. The summed E-state index contributed by atoms with van der Waals surface area (Å²) in [4.78, 5) is 43.6. The smallest absolute Gasteiger partial charge is 0.243 e. The molecule has 11 heteroatoms. The van der Waals surface area contributed by atoms with Crippen LogP contribution in [0, 0.1) is 12.8 Å². The molecule has 0 bridgehead atoms. The average molecular weight is 625 g/mol. The van der Waals surface area contributed by atoms with Crippen molar-refractivity contribution >= 4 is 28.6 Å². The lowest BCUT2D eigenvalue weighted by Crippen LogP contribution is -2.51. The van der Waals surface area contributed by atoms with Crippen molar-refractivity contribution < 1.29 is 14.4 Å². The number of likely N-dealkylation sites (tertiary alicyclic amines) is 2. The summed E-state index contributed by atoms with van der Waals surface area (Å²) in [5, 5.41) is 12.9. The van der Waals surface area contributed by atoms with Gasteiger partial charge in [0, 0.05) is 58.3 Å². The van der Waals surface area contributed by atoms with Crippen molar-refractivity contribution in [3.05, 3.63) is 71.5 Å². The van der Waals surface area contributed by atoms with Crippen LogP contribution in [0.4, 0.5) is 0 Å². The van der Waals surface area contributed by atoms with Gasteiger partial charge in [0.2, 0.25) is 17.7 Å². The number of fused-ring (bicyclic) bond motifs is 1. The second-order valence-corrected chi connectivity index (χ2v) is 12.9. The summed E-state index contributed by atoms with van der Waals surface area (Å²) in [6, 6.07) is 15.0. The van der Waals surface area contributed by atoms with Gasteiger partial charge in [-0.2, -0.15) is 10.2 Å². The zero-order valence-corrected chi connectivity index (χ0v) is 27.0. The molecule has 46 heavy (non-hydrogen) atoms. The van der Waals surface area contributed by atoms with E-state index in [4.69, 9.17) is 5.73 Å². The predicted molar refractivity (Wildman–Crippen MR) is 176 cm³/mol. The fourth-order valence-electron chi connectivity index (χ4n) is 7.01. The summed E-state index contributed by atoms with van der Waals surface area (Å²) >= 11 is 0. The van der Waals surface area contributed by atoms with Gasteiger partial charge in [0.1, 0.15) is 6.04 Å². The lowest BCUT2D eigenvalue weighted by molar-refractivity contribution is -0.140. The van der Waals surface area contributed by atoms with Crippen molar-refractivity contribution in [3.8, 4) is 11.3 Å². The SMILES string of the molecule is Cc1nn(C)c2ccc(CNC(=O)C3CC(Cc4ccc(-c5ccnn5C)cc4)CN3C(=O)C(N)CCC(=O)N3CCCC3)cc12. The van der Waals surface area contributed by atoms with Crippen LogP contribution in [0.15, 0.2) is 54.7 Å². The minimum atomic E-state index is -0.838. The van der Waals surface area contributed by atoms with Crippen LogP contribution in [0.3, 0.4) is 0 Å². The van der Waals surface area contributed by atoms with Gasteiger partial charge in [-0.3, -0.25) is 23.7 Å². The lowest BCUT2D eigenvalue weighted by Gasteiger charge is -2.27. The number of nitrogens with one attached hydrogen (secondary N) is 1. The van der Waals surface area contributed by atoms with Gasteiger partial charge >= 0.3 is 0 Å². The van der Waals surface area contributed by atoms with Gasteiger partial charge in [0.25, 0.3) is 0 Å². The van der Waals surface area contributed by atoms with E-state index in [1.165, 1.54) is 0 Å². The molecule has 2 aliphatic heterocycles. The third-order valence-electron chi connectivity index (χ3n) is 9.58. The molecule has 2 fully saturated rings. The molecule has 0 spiro atoms. The third kappa shape index (κ3) is 6.69. The number of nitrogens with two attached hydrogens (primary N) is 1. The standard InChI is InChI=1S/C35H44N8O3/c1-23-28-19-25(8-12-31(28)41(3)39-23)21-37-34(45)32-20-26(18-24-6-9-27(10-7-24)30-14-15-38-40(30)2)22-43(32)35(46)29(36)11-13-33(44)42-16-4-5-17-42/h6-10,12,14-15,19,26,29,32H,4-5,11,13,16-18,20-22,36H2,1-3H3,(H,37,45). The molecule has 4 heterocycles. The molecule has 3 unspecified atom stereocenters. The Bertz CT molecular complexity index is 1720. The molecule has 4 aromatic rings. The van der Waals surface area contributed by atoms with Crippen LogP contribution in [0.2, 0.25) is 0 Å². The molecule has 3 atom stereocenters. The Morgan fingerprint density at radius 1 is 1.00 bits per heavy atom. The highest BCUT2D eigenvalue weighted by Gasteiger charge is 2.41. The van der Waals surface area contributed by atoms with E-state index in [0.29, 0.717) is 19.5 Å².